The van der Waals surface area contributed by atoms with Crippen LogP contribution in [0, 0.1) is 0 Å². The average molecular weight is 330 g/mol. The molecule has 2 aliphatic carbocycles. The van der Waals surface area contributed by atoms with Gasteiger partial charge in [0.15, 0.2) is 11.5 Å². The second-order valence-corrected chi connectivity index (χ2v) is 6.91. The number of aliphatic carboxylic acids is 1. The normalized spacial score (nSPS) is 23.3. The number of carboxylic acid groups (broad SMARTS) is 1. The molecule has 1 unspecified atom stereocenters. The van der Waals surface area contributed by atoms with Crippen LogP contribution < -0.4 is 9.47 Å². The number of methoxy groups -OCH3 is 1. The third-order valence-corrected chi connectivity index (χ3v) is 5.39. The minimum Gasteiger partial charge on any atom is -0.493 e. The molecule has 0 saturated heterocycles. The summed E-state index contributed by atoms with van der Waals surface area (Å²) < 4.78 is 11.6. The molecule has 0 spiro atoms. The fraction of sp³-hybridized carbons (Fsp3) is 0.550. The van der Waals surface area contributed by atoms with E-state index in [1.165, 1.54) is 18.4 Å². The van der Waals surface area contributed by atoms with Crippen LogP contribution in [0.3, 0.4) is 0 Å². The Bertz CT molecular complexity index is 641. The quantitative estimate of drug-likeness (QED) is 0.796. The van der Waals surface area contributed by atoms with Gasteiger partial charge >= 0.3 is 5.97 Å². The largest absolute Gasteiger partial charge is 0.493 e. The first-order valence-electron chi connectivity index (χ1n) is 8.85. The van der Waals surface area contributed by atoms with E-state index in [1.807, 2.05) is 6.07 Å². The van der Waals surface area contributed by atoms with Gasteiger partial charge < -0.3 is 14.6 Å². The van der Waals surface area contributed by atoms with Gasteiger partial charge in [-0.1, -0.05) is 11.6 Å². The Kier molecular flexibility index (Phi) is 5.12. The third-order valence-electron chi connectivity index (χ3n) is 5.39. The Balaban J connectivity index is 1.79. The van der Waals surface area contributed by atoms with E-state index in [-0.39, 0.29) is 0 Å². The first kappa shape index (κ1) is 16.9. The Morgan fingerprint density at radius 2 is 1.92 bits per heavy atom. The monoisotopic (exact) mass is 330 g/mol. The smallest absolute Gasteiger partial charge is 0.331 e. The van der Waals surface area contributed by atoms with E-state index < -0.39 is 5.97 Å². The molecule has 0 aromatic heterocycles. The fourth-order valence-electron chi connectivity index (χ4n) is 3.85. The molecule has 24 heavy (non-hydrogen) atoms. The number of ether oxygens (including phenoxy) is 2. The van der Waals surface area contributed by atoms with E-state index in [4.69, 9.17) is 9.47 Å². The van der Waals surface area contributed by atoms with Crippen molar-refractivity contribution in [1.29, 1.82) is 0 Å². The van der Waals surface area contributed by atoms with Crippen LogP contribution in [0.15, 0.2) is 29.3 Å². The van der Waals surface area contributed by atoms with Gasteiger partial charge in [0.2, 0.25) is 0 Å². The Hall–Kier alpha value is -1.97. The summed E-state index contributed by atoms with van der Waals surface area (Å²) in [6, 6.07) is 6.16. The second-order valence-electron chi connectivity index (χ2n) is 6.91. The lowest BCUT2D eigenvalue weighted by Crippen LogP contribution is -2.12. The van der Waals surface area contributed by atoms with Crippen molar-refractivity contribution in [2.24, 2.45) is 0 Å². The van der Waals surface area contributed by atoms with E-state index >= 15 is 0 Å². The first-order chi connectivity index (χ1) is 11.6. The average Bonchev–Trinajstić information content (AvgIpc) is 3.25. The summed E-state index contributed by atoms with van der Waals surface area (Å²) in [7, 11) is 1.67. The molecule has 0 amide bonds. The summed E-state index contributed by atoms with van der Waals surface area (Å²) in [5.41, 5.74) is 2.80. The lowest BCUT2D eigenvalue weighted by Gasteiger charge is -2.18. The van der Waals surface area contributed by atoms with Gasteiger partial charge in [0.1, 0.15) is 0 Å². The standard InChI is InChI=1S/C20H26O4/c1-13(20(21)22)14-7-8-15(11-14)16-9-10-18(23-2)19(12-16)24-17-5-3-4-6-17/h9-10,12,15,17H,3-8,11H2,1-2H3,(H,21,22). The van der Waals surface area contributed by atoms with Gasteiger partial charge in [-0.15, -0.1) is 0 Å². The van der Waals surface area contributed by atoms with E-state index in [9.17, 15) is 9.90 Å². The summed E-state index contributed by atoms with van der Waals surface area (Å²) in [5, 5.41) is 9.18. The van der Waals surface area contributed by atoms with Crippen LogP contribution in [-0.4, -0.2) is 24.3 Å². The number of carbonyl (C=O) groups is 1. The van der Waals surface area contributed by atoms with Crippen LogP contribution in [-0.2, 0) is 4.79 Å². The molecule has 0 heterocycles. The molecule has 0 bridgehead atoms. The van der Waals surface area contributed by atoms with Gasteiger partial charge in [0, 0.05) is 5.57 Å². The van der Waals surface area contributed by atoms with Crippen LogP contribution in [0.4, 0.5) is 0 Å². The van der Waals surface area contributed by atoms with Crippen LogP contribution >= 0.6 is 0 Å². The molecule has 4 heteroatoms. The van der Waals surface area contributed by atoms with Crippen molar-refractivity contribution in [2.75, 3.05) is 7.11 Å². The number of hydrogen-bond donors (Lipinski definition) is 1. The number of benzene rings is 1. The van der Waals surface area contributed by atoms with Crippen LogP contribution in [0.1, 0.15) is 63.4 Å². The topological polar surface area (TPSA) is 55.8 Å². The number of rotatable bonds is 5. The zero-order chi connectivity index (χ0) is 17.1. The minimum atomic E-state index is -0.800. The maximum absolute atomic E-state index is 11.2. The summed E-state index contributed by atoms with van der Waals surface area (Å²) in [6.07, 6.45) is 7.68. The highest BCUT2D eigenvalue weighted by Gasteiger charge is 2.26. The summed E-state index contributed by atoms with van der Waals surface area (Å²) in [6.45, 7) is 1.71. The Morgan fingerprint density at radius 3 is 2.58 bits per heavy atom. The summed E-state index contributed by atoms with van der Waals surface area (Å²) >= 11 is 0. The maximum atomic E-state index is 11.2. The SMILES string of the molecule is COc1ccc(C2CCC(=C(C)C(=O)O)C2)cc1OC1CCCC1. The van der Waals surface area contributed by atoms with Crippen LogP contribution in [0.25, 0.3) is 0 Å². The van der Waals surface area contributed by atoms with Crippen molar-refractivity contribution in [1.82, 2.24) is 0 Å². The molecule has 2 aliphatic rings. The molecule has 0 aliphatic heterocycles. The zero-order valence-electron chi connectivity index (χ0n) is 14.5. The highest BCUT2D eigenvalue weighted by Crippen LogP contribution is 2.42. The molecule has 2 fully saturated rings. The lowest BCUT2D eigenvalue weighted by atomic mass is 9.96. The van der Waals surface area contributed by atoms with Gasteiger partial charge in [-0.25, -0.2) is 4.79 Å². The van der Waals surface area contributed by atoms with Crippen molar-refractivity contribution in [2.45, 2.75) is 63.9 Å². The van der Waals surface area contributed by atoms with Gasteiger partial charge in [0.05, 0.1) is 13.2 Å². The molecule has 1 aromatic carbocycles. The molecule has 1 aromatic rings. The summed E-state index contributed by atoms with van der Waals surface area (Å²) in [5.74, 6) is 1.17. The maximum Gasteiger partial charge on any atom is 0.331 e. The van der Waals surface area contributed by atoms with Crippen LogP contribution in [0.2, 0.25) is 0 Å². The van der Waals surface area contributed by atoms with E-state index in [0.29, 0.717) is 17.6 Å². The minimum absolute atomic E-state index is 0.294. The second kappa shape index (κ2) is 7.29. The molecule has 3 rings (SSSR count). The molecule has 4 nitrogen and oxygen atoms in total. The highest BCUT2D eigenvalue weighted by molar-refractivity contribution is 5.86. The van der Waals surface area contributed by atoms with E-state index in [0.717, 1.165) is 49.2 Å². The van der Waals surface area contributed by atoms with Crippen LogP contribution in [0.5, 0.6) is 11.5 Å². The molecule has 0 radical (unpaired) electrons. The van der Waals surface area contributed by atoms with Gasteiger partial charge in [-0.2, -0.15) is 0 Å². The van der Waals surface area contributed by atoms with Crippen molar-refractivity contribution in [3.05, 3.63) is 34.9 Å². The molecular formula is C20H26O4. The molecular weight excluding hydrogens is 304 g/mol. The molecule has 2 saturated carbocycles. The summed E-state index contributed by atoms with van der Waals surface area (Å²) in [4.78, 5) is 11.2. The van der Waals surface area contributed by atoms with Crippen molar-refractivity contribution in [3.63, 3.8) is 0 Å². The van der Waals surface area contributed by atoms with E-state index in [2.05, 4.69) is 12.1 Å². The Labute approximate surface area is 143 Å². The predicted molar refractivity (Wildman–Crippen MR) is 92.8 cm³/mol. The van der Waals surface area contributed by atoms with Gasteiger partial charge in [-0.3, -0.25) is 0 Å². The van der Waals surface area contributed by atoms with Gasteiger partial charge in [0.25, 0.3) is 0 Å². The third kappa shape index (κ3) is 3.58. The van der Waals surface area contributed by atoms with E-state index in [1.54, 1.807) is 14.0 Å². The molecule has 1 atom stereocenters. The van der Waals surface area contributed by atoms with Gasteiger partial charge in [-0.05, 0) is 75.5 Å². The highest BCUT2D eigenvalue weighted by atomic mass is 16.5. The van der Waals surface area contributed by atoms with Crippen molar-refractivity contribution < 1.29 is 19.4 Å². The van der Waals surface area contributed by atoms with Crippen molar-refractivity contribution >= 4 is 5.97 Å². The lowest BCUT2D eigenvalue weighted by molar-refractivity contribution is -0.132. The molecule has 1 N–H and O–H groups in total. The first-order valence-corrected chi connectivity index (χ1v) is 8.85. The number of hydrogen-bond acceptors (Lipinski definition) is 3. The number of carboxylic acids is 1. The zero-order valence-corrected chi connectivity index (χ0v) is 14.5. The predicted octanol–water partition coefficient (Wildman–Crippen LogP) is 4.69. The Morgan fingerprint density at radius 1 is 1.17 bits per heavy atom. The fourth-order valence-corrected chi connectivity index (χ4v) is 3.85. The van der Waals surface area contributed by atoms with Crippen molar-refractivity contribution in [3.8, 4) is 11.5 Å². The molecule has 130 valence electrons. The number of allylic oxidation sites excluding steroid dienone is 1.